The standard InChI is InChI=1S/C31H37ClN4O5/c32-26-12-10-25(11-13-26)29(24-7-2-1-3-8-24)35-18-16-34(17-19-35)20-21-41-28-14-9-23(22-27(28)30(37)38)6-4-5-15-36(40)31(33)39/h1-3,7-14,22,29,40H,4-6,15-21H2,(H2,33,39)(H,37,38). The summed E-state index contributed by atoms with van der Waals surface area (Å²) in [6, 6.07) is 23.0. The van der Waals surface area contributed by atoms with Crippen molar-refractivity contribution in [2.24, 2.45) is 5.73 Å². The number of hydrogen-bond acceptors (Lipinski definition) is 6. The van der Waals surface area contributed by atoms with E-state index < -0.39 is 12.0 Å². The lowest BCUT2D eigenvalue weighted by Crippen LogP contribution is -2.48. The number of benzene rings is 3. The van der Waals surface area contributed by atoms with Crippen LogP contribution in [0.2, 0.25) is 5.02 Å². The monoisotopic (exact) mass is 580 g/mol. The third-order valence-corrected chi connectivity index (χ3v) is 7.60. The van der Waals surface area contributed by atoms with Crippen LogP contribution in [0.3, 0.4) is 0 Å². The molecule has 0 saturated carbocycles. The Hall–Kier alpha value is -3.63. The largest absolute Gasteiger partial charge is 0.491 e. The van der Waals surface area contributed by atoms with Gasteiger partial charge in [0, 0.05) is 37.7 Å². The molecule has 1 aliphatic rings. The van der Waals surface area contributed by atoms with Crippen LogP contribution in [0.5, 0.6) is 5.75 Å². The molecule has 4 N–H and O–H groups in total. The number of carbonyl (C=O) groups is 2. The SMILES string of the molecule is NC(=O)N(O)CCCCc1ccc(OCCN2CCN(C(c3ccccc3)c3ccc(Cl)cc3)CC2)c(C(=O)O)c1. The number of nitrogens with zero attached hydrogens (tertiary/aromatic N) is 3. The maximum atomic E-state index is 11.9. The van der Waals surface area contributed by atoms with Crippen molar-refractivity contribution in [3.05, 3.63) is 100 Å². The highest BCUT2D eigenvalue weighted by Gasteiger charge is 2.26. The van der Waals surface area contributed by atoms with Gasteiger partial charge in [0.1, 0.15) is 17.9 Å². The van der Waals surface area contributed by atoms with Crippen molar-refractivity contribution in [2.75, 3.05) is 45.9 Å². The number of carbonyl (C=O) groups excluding carboxylic acids is 1. The Balaban J connectivity index is 1.28. The molecule has 0 radical (unpaired) electrons. The van der Waals surface area contributed by atoms with Crippen molar-refractivity contribution in [2.45, 2.75) is 25.3 Å². The van der Waals surface area contributed by atoms with E-state index in [9.17, 15) is 19.9 Å². The molecular weight excluding hydrogens is 544 g/mol. The molecule has 0 aromatic heterocycles. The summed E-state index contributed by atoms with van der Waals surface area (Å²) in [4.78, 5) is 27.6. The Morgan fingerprint density at radius 1 is 0.951 bits per heavy atom. The highest BCUT2D eigenvalue weighted by Crippen LogP contribution is 2.30. The molecule has 1 unspecified atom stereocenters. The normalized spacial score (nSPS) is 14.9. The summed E-state index contributed by atoms with van der Waals surface area (Å²) < 4.78 is 5.92. The van der Waals surface area contributed by atoms with Crippen molar-refractivity contribution in [1.82, 2.24) is 14.9 Å². The molecule has 9 nitrogen and oxygen atoms in total. The molecule has 4 rings (SSSR count). The molecule has 0 bridgehead atoms. The second-order valence-electron chi connectivity index (χ2n) is 10.1. The Morgan fingerprint density at radius 2 is 1.63 bits per heavy atom. The Bertz CT molecular complexity index is 1280. The van der Waals surface area contributed by atoms with E-state index in [1.54, 1.807) is 12.1 Å². The first kappa shape index (κ1) is 30.3. The van der Waals surface area contributed by atoms with Gasteiger partial charge in [-0.25, -0.2) is 14.7 Å². The number of nitrogens with two attached hydrogens (primary N) is 1. The van der Waals surface area contributed by atoms with E-state index in [2.05, 4.69) is 46.2 Å². The number of ether oxygens (including phenoxy) is 1. The minimum Gasteiger partial charge on any atom is -0.491 e. The number of amides is 2. The highest BCUT2D eigenvalue weighted by atomic mass is 35.5. The van der Waals surface area contributed by atoms with Gasteiger partial charge in [0.05, 0.1) is 12.6 Å². The van der Waals surface area contributed by atoms with Crippen LogP contribution in [0.15, 0.2) is 72.8 Å². The van der Waals surface area contributed by atoms with Gasteiger partial charge in [-0.3, -0.25) is 15.0 Å². The van der Waals surface area contributed by atoms with Gasteiger partial charge in [-0.15, -0.1) is 0 Å². The van der Waals surface area contributed by atoms with E-state index in [4.69, 9.17) is 22.1 Å². The number of carboxylic acid groups (broad SMARTS) is 1. The summed E-state index contributed by atoms with van der Waals surface area (Å²) in [5.74, 6) is -0.693. The lowest BCUT2D eigenvalue weighted by molar-refractivity contribution is -0.0402. The van der Waals surface area contributed by atoms with Crippen LogP contribution in [0.25, 0.3) is 0 Å². The number of rotatable bonds is 13. The van der Waals surface area contributed by atoms with Gasteiger partial charge in [-0.1, -0.05) is 60.1 Å². The van der Waals surface area contributed by atoms with E-state index >= 15 is 0 Å². The number of hydrogen-bond donors (Lipinski definition) is 3. The van der Waals surface area contributed by atoms with Crippen LogP contribution in [-0.4, -0.2) is 83.1 Å². The van der Waals surface area contributed by atoms with Gasteiger partial charge in [0.2, 0.25) is 0 Å². The number of primary amides is 1. The Kier molecular flexibility index (Phi) is 11.0. The number of aryl methyl sites for hydroxylation is 1. The summed E-state index contributed by atoms with van der Waals surface area (Å²) in [5.41, 5.74) is 8.44. The zero-order chi connectivity index (χ0) is 29.2. The predicted molar refractivity (Wildman–Crippen MR) is 158 cm³/mol. The first-order valence-corrected chi connectivity index (χ1v) is 14.2. The highest BCUT2D eigenvalue weighted by molar-refractivity contribution is 6.30. The summed E-state index contributed by atoms with van der Waals surface area (Å²) in [7, 11) is 0. The number of urea groups is 1. The molecule has 1 aliphatic heterocycles. The average molecular weight is 581 g/mol. The molecule has 218 valence electrons. The molecule has 3 aromatic rings. The van der Waals surface area contributed by atoms with Crippen LogP contribution >= 0.6 is 11.6 Å². The predicted octanol–water partition coefficient (Wildman–Crippen LogP) is 4.92. The van der Waals surface area contributed by atoms with Gasteiger partial charge < -0.3 is 15.6 Å². The maximum Gasteiger partial charge on any atom is 0.339 e. The smallest absolute Gasteiger partial charge is 0.339 e. The number of piperazine rings is 1. The third kappa shape index (κ3) is 8.68. The first-order valence-electron chi connectivity index (χ1n) is 13.8. The Morgan fingerprint density at radius 3 is 2.29 bits per heavy atom. The zero-order valence-corrected chi connectivity index (χ0v) is 23.7. The lowest BCUT2D eigenvalue weighted by Gasteiger charge is -2.39. The van der Waals surface area contributed by atoms with E-state index in [0.29, 0.717) is 43.2 Å². The molecule has 1 heterocycles. The van der Waals surface area contributed by atoms with Gasteiger partial charge in [0.25, 0.3) is 0 Å². The third-order valence-electron chi connectivity index (χ3n) is 7.35. The summed E-state index contributed by atoms with van der Waals surface area (Å²) in [6.45, 7) is 4.76. The molecule has 0 aliphatic carbocycles. The molecule has 2 amide bonds. The number of aromatic carboxylic acids is 1. The number of carboxylic acids is 1. The van der Waals surface area contributed by atoms with Crippen molar-refractivity contribution in [1.29, 1.82) is 0 Å². The van der Waals surface area contributed by atoms with Gasteiger partial charge in [-0.05, 0) is 60.2 Å². The number of hydroxylamine groups is 2. The lowest BCUT2D eigenvalue weighted by atomic mass is 9.96. The first-order chi connectivity index (χ1) is 19.8. The maximum absolute atomic E-state index is 11.9. The van der Waals surface area contributed by atoms with Crippen LogP contribution in [0.4, 0.5) is 4.79 Å². The van der Waals surface area contributed by atoms with E-state index in [1.165, 1.54) is 11.1 Å². The number of halogens is 1. The van der Waals surface area contributed by atoms with Crippen LogP contribution in [0.1, 0.15) is 45.9 Å². The van der Waals surface area contributed by atoms with E-state index in [-0.39, 0.29) is 18.2 Å². The molecule has 3 aromatic carbocycles. The molecule has 10 heteroatoms. The minimum absolute atomic E-state index is 0.127. The molecule has 41 heavy (non-hydrogen) atoms. The summed E-state index contributed by atoms with van der Waals surface area (Å²) >= 11 is 6.15. The fourth-order valence-corrected chi connectivity index (χ4v) is 5.28. The fourth-order valence-electron chi connectivity index (χ4n) is 5.15. The second-order valence-corrected chi connectivity index (χ2v) is 10.6. The van der Waals surface area contributed by atoms with Crippen molar-refractivity contribution in [3.63, 3.8) is 0 Å². The molecule has 1 saturated heterocycles. The topological polar surface area (TPSA) is 120 Å². The quantitative estimate of drug-likeness (QED) is 0.149. The molecule has 0 spiro atoms. The Labute approximate surface area is 245 Å². The average Bonchev–Trinajstić information content (AvgIpc) is 2.98. The fraction of sp³-hybridized carbons (Fsp3) is 0.355. The van der Waals surface area contributed by atoms with Crippen LogP contribution in [0, 0.1) is 0 Å². The second kappa shape index (κ2) is 14.8. The zero-order valence-electron chi connectivity index (χ0n) is 23.0. The van der Waals surface area contributed by atoms with Gasteiger partial charge in [-0.2, -0.15) is 0 Å². The number of unbranched alkanes of at least 4 members (excludes halogenated alkanes) is 1. The van der Waals surface area contributed by atoms with E-state index in [0.717, 1.165) is 36.8 Å². The summed E-state index contributed by atoms with van der Waals surface area (Å²) in [5, 5.41) is 20.3. The van der Waals surface area contributed by atoms with Gasteiger partial charge >= 0.3 is 12.0 Å². The van der Waals surface area contributed by atoms with Crippen molar-refractivity contribution >= 4 is 23.6 Å². The minimum atomic E-state index is -1.04. The van der Waals surface area contributed by atoms with Crippen molar-refractivity contribution in [3.8, 4) is 5.75 Å². The van der Waals surface area contributed by atoms with E-state index in [1.807, 2.05) is 24.3 Å². The summed E-state index contributed by atoms with van der Waals surface area (Å²) in [6.07, 6.45) is 1.81. The van der Waals surface area contributed by atoms with Gasteiger partial charge in [0.15, 0.2) is 0 Å². The molecule has 1 atom stereocenters. The van der Waals surface area contributed by atoms with Crippen LogP contribution < -0.4 is 10.5 Å². The van der Waals surface area contributed by atoms with Crippen molar-refractivity contribution < 1.29 is 24.6 Å². The molecule has 1 fully saturated rings. The molecular formula is C31H37ClN4O5. The van der Waals surface area contributed by atoms with Crippen LogP contribution in [-0.2, 0) is 6.42 Å².